The molecule has 0 aliphatic heterocycles. The van der Waals surface area contributed by atoms with Gasteiger partial charge in [0.25, 0.3) is 5.56 Å². The van der Waals surface area contributed by atoms with Crippen LogP contribution in [0.2, 0.25) is 0 Å². The molecule has 4 rings (SSSR count). The van der Waals surface area contributed by atoms with E-state index >= 15 is 0 Å². The van der Waals surface area contributed by atoms with E-state index in [4.69, 9.17) is 4.74 Å². The zero-order valence-electron chi connectivity index (χ0n) is 17.3. The third kappa shape index (κ3) is 4.43. The number of imidazole rings is 1. The van der Waals surface area contributed by atoms with Crippen molar-refractivity contribution in [3.8, 4) is 0 Å². The molecular weight excluding hydrogens is 382 g/mol. The van der Waals surface area contributed by atoms with Crippen LogP contribution in [0.1, 0.15) is 36.3 Å². The monoisotopic (exact) mass is 409 g/mol. The van der Waals surface area contributed by atoms with Crippen LogP contribution in [-0.2, 0) is 42.0 Å². The molecular formula is C22H27N5O3. The van der Waals surface area contributed by atoms with E-state index in [9.17, 15) is 9.59 Å². The fourth-order valence-corrected chi connectivity index (χ4v) is 3.95. The summed E-state index contributed by atoms with van der Waals surface area (Å²) in [5, 5.41) is 7.35. The van der Waals surface area contributed by atoms with Gasteiger partial charge in [0.2, 0.25) is 5.91 Å². The van der Waals surface area contributed by atoms with Crippen LogP contribution in [0.4, 0.5) is 0 Å². The van der Waals surface area contributed by atoms with Crippen molar-refractivity contribution in [1.82, 2.24) is 24.6 Å². The number of amides is 1. The first-order valence-electron chi connectivity index (χ1n) is 10.5. The van der Waals surface area contributed by atoms with Crippen LogP contribution < -0.4 is 10.9 Å². The highest BCUT2D eigenvalue weighted by molar-refractivity contribution is 5.77. The molecule has 0 spiro atoms. The molecule has 0 unspecified atom stereocenters. The molecule has 1 amide bonds. The van der Waals surface area contributed by atoms with Crippen LogP contribution in [0.25, 0.3) is 11.0 Å². The van der Waals surface area contributed by atoms with E-state index in [-0.39, 0.29) is 24.6 Å². The van der Waals surface area contributed by atoms with Gasteiger partial charge in [-0.2, -0.15) is 5.10 Å². The first-order chi connectivity index (χ1) is 14.7. The summed E-state index contributed by atoms with van der Waals surface area (Å²) in [5.41, 5.74) is 3.63. The van der Waals surface area contributed by atoms with Crippen LogP contribution in [-0.4, -0.2) is 39.0 Å². The lowest BCUT2D eigenvalue weighted by Gasteiger charge is -2.11. The fraction of sp³-hybridized carbons (Fsp3) is 0.455. The van der Waals surface area contributed by atoms with Crippen molar-refractivity contribution < 1.29 is 9.53 Å². The normalized spacial score (nSPS) is 13.8. The average Bonchev–Trinajstić information content (AvgIpc) is 2.94. The van der Waals surface area contributed by atoms with Gasteiger partial charge in [0.05, 0.1) is 29.9 Å². The van der Waals surface area contributed by atoms with Crippen molar-refractivity contribution in [2.24, 2.45) is 0 Å². The van der Waals surface area contributed by atoms with E-state index in [2.05, 4.69) is 15.4 Å². The van der Waals surface area contributed by atoms with E-state index in [0.29, 0.717) is 13.2 Å². The van der Waals surface area contributed by atoms with Crippen LogP contribution in [0.3, 0.4) is 0 Å². The Bertz CT molecular complexity index is 1100. The maximum Gasteiger partial charge on any atom is 0.267 e. The minimum Gasteiger partial charge on any atom is -0.383 e. The number of nitrogens with zero attached hydrogens (tertiary/aromatic N) is 4. The van der Waals surface area contributed by atoms with Crippen molar-refractivity contribution >= 4 is 16.9 Å². The quantitative estimate of drug-likeness (QED) is 0.601. The third-order valence-corrected chi connectivity index (χ3v) is 5.51. The fourth-order valence-electron chi connectivity index (χ4n) is 3.95. The Labute approximate surface area is 174 Å². The minimum atomic E-state index is -0.261. The highest BCUT2D eigenvalue weighted by Crippen LogP contribution is 2.17. The molecule has 0 fully saturated rings. The lowest BCUT2D eigenvalue weighted by atomic mass is 10.1. The SMILES string of the molecule is COCCn1c(CNC(=O)Cn2nc3c(cc2=O)CCCCC3)nc2ccccc21. The Balaban J connectivity index is 1.47. The zero-order valence-corrected chi connectivity index (χ0v) is 17.3. The van der Waals surface area contributed by atoms with E-state index in [1.54, 1.807) is 13.2 Å². The molecule has 0 atom stereocenters. The van der Waals surface area contributed by atoms with E-state index in [1.165, 1.54) is 4.68 Å². The number of ether oxygens (including phenoxy) is 1. The molecule has 2 heterocycles. The number of methoxy groups -OCH3 is 1. The standard InChI is InChI=1S/C22H27N5O3/c1-30-12-11-26-19-10-6-5-9-18(19)24-20(26)14-23-21(28)15-27-22(29)13-16-7-3-2-4-8-17(16)25-27/h5-6,9-10,13H,2-4,7-8,11-12,14-15H2,1H3,(H,23,28). The molecule has 0 saturated carbocycles. The van der Waals surface area contributed by atoms with Gasteiger partial charge >= 0.3 is 0 Å². The third-order valence-electron chi connectivity index (χ3n) is 5.51. The topological polar surface area (TPSA) is 91.0 Å². The molecule has 1 aromatic carbocycles. The average molecular weight is 409 g/mol. The summed E-state index contributed by atoms with van der Waals surface area (Å²) < 4.78 is 8.53. The molecule has 8 heteroatoms. The summed E-state index contributed by atoms with van der Waals surface area (Å²) in [7, 11) is 1.66. The molecule has 158 valence electrons. The molecule has 1 N–H and O–H groups in total. The van der Waals surface area contributed by atoms with Gasteiger partial charge in [-0.3, -0.25) is 9.59 Å². The Hall–Kier alpha value is -3.00. The lowest BCUT2D eigenvalue weighted by molar-refractivity contribution is -0.122. The number of aromatic nitrogens is 4. The van der Waals surface area contributed by atoms with Crippen molar-refractivity contribution in [3.05, 3.63) is 57.8 Å². The lowest BCUT2D eigenvalue weighted by Crippen LogP contribution is -2.34. The second-order valence-corrected chi connectivity index (χ2v) is 7.61. The van der Waals surface area contributed by atoms with E-state index in [0.717, 1.165) is 60.2 Å². The zero-order chi connectivity index (χ0) is 20.9. The van der Waals surface area contributed by atoms with Gasteiger partial charge in [0, 0.05) is 19.7 Å². The smallest absolute Gasteiger partial charge is 0.267 e. The summed E-state index contributed by atoms with van der Waals surface area (Å²) in [6.45, 7) is 1.38. The predicted molar refractivity (Wildman–Crippen MR) is 113 cm³/mol. The number of carbonyl (C=O) groups is 1. The molecule has 1 aliphatic carbocycles. The minimum absolute atomic E-state index is 0.0928. The number of carbonyl (C=O) groups excluding carboxylic acids is 1. The summed E-state index contributed by atoms with van der Waals surface area (Å²) >= 11 is 0. The highest BCUT2D eigenvalue weighted by Gasteiger charge is 2.15. The maximum atomic E-state index is 12.5. The molecule has 0 saturated heterocycles. The predicted octanol–water partition coefficient (Wildman–Crippen LogP) is 1.82. The van der Waals surface area contributed by atoms with E-state index in [1.807, 2.05) is 28.8 Å². The molecule has 8 nitrogen and oxygen atoms in total. The number of benzene rings is 1. The molecule has 0 bridgehead atoms. The number of para-hydroxylation sites is 2. The van der Waals surface area contributed by atoms with Gasteiger partial charge in [-0.15, -0.1) is 0 Å². The Morgan fingerprint density at radius 1 is 1.20 bits per heavy atom. The van der Waals surface area contributed by atoms with Crippen molar-refractivity contribution in [3.63, 3.8) is 0 Å². The first kappa shape index (κ1) is 20.3. The van der Waals surface area contributed by atoms with Gasteiger partial charge in [-0.1, -0.05) is 18.6 Å². The Morgan fingerprint density at radius 2 is 2.03 bits per heavy atom. The van der Waals surface area contributed by atoms with Gasteiger partial charge in [0.15, 0.2) is 0 Å². The van der Waals surface area contributed by atoms with Crippen LogP contribution in [0.5, 0.6) is 0 Å². The van der Waals surface area contributed by atoms with Gasteiger partial charge in [0.1, 0.15) is 12.4 Å². The number of rotatable bonds is 7. The second-order valence-electron chi connectivity index (χ2n) is 7.61. The number of hydrogen-bond acceptors (Lipinski definition) is 5. The van der Waals surface area contributed by atoms with Gasteiger partial charge in [-0.05, 0) is 43.4 Å². The molecule has 3 aromatic rings. The maximum absolute atomic E-state index is 12.5. The van der Waals surface area contributed by atoms with E-state index < -0.39 is 0 Å². The number of fused-ring (bicyclic) bond motifs is 2. The highest BCUT2D eigenvalue weighted by atomic mass is 16.5. The number of hydrogen-bond donors (Lipinski definition) is 1. The molecule has 2 aromatic heterocycles. The largest absolute Gasteiger partial charge is 0.383 e. The van der Waals surface area contributed by atoms with Crippen molar-refractivity contribution in [2.45, 2.75) is 51.7 Å². The molecule has 0 radical (unpaired) electrons. The Morgan fingerprint density at radius 3 is 2.90 bits per heavy atom. The second kappa shape index (κ2) is 9.21. The molecule has 30 heavy (non-hydrogen) atoms. The Kier molecular flexibility index (Phi) is 6.23. The number of nitrogens with one attached hydrogen (secondary N) is 1. The summed E-state index contributed by atoms with van der Waals surface area (Å²) in [6, 6.07) is 9.50. The summed E-state index contributed by atoms with van der Waals surface area (Å²) in [5.74, 6) is 0.493. The van der Waals surface area contributed by atoms with Crippen LogP contribution >= 0.6 is 0 Å². The summed E-state index contributed by atoms with van der Waals surface area (Å²) in [4.78, 5) is 29.6. The van der Waals surface area contributed by atoms with Gasteiger partial charge in [-0.25, -0.2) is 9.67 Å². The van der Waals surface area contributed by atoms with Crippen molar-refractivity contribution in [1.29, 1.82) is 0 Å². The van der Waals surface area contributed by atoms with Crippen molar-refractivity contribution in [2.75, 3.05) is 13.7 Å². The van der Waals surface area contributed by atoms with Crippen LogP contribution in [0, 0.1) is 0 Å². The first-order valence-corrected chi connectivity index (χ1v) is 10.5. The molecule has 1 aliphatic rings. The van der Waals surface area contributed by atoms with Gasteiger partial charge < -0.3 is 14.6 Å². The van der Waals surface area contributed by atoms with Crippen LogP contribution in [0.15, 0.2) is 35.1 Å². The summed E-state index contributed by atoms with van der Waals surface area (Å²) in [6.07, 6.45) is 5.06. The number of aryl methyl sites for hydroxylation is 2.